The van der Waals surface area contributed by atoms with Gasteiger partial charge in [0.15, 0.2) is 0 Å². The SMILES string of the molecule is C#CCNCC(O)COC(=O)C(C)(CC(C)(C)C)C(C)(C)C. The van der Waals surface area contributed by atoms with E-state index in [1.54, 1.807) is 0 Å². The number of aliphatic hydroxyl groups excluding tert-OH is 1. The molecule has 0 spiro atoms. The fourth-order valence-corrected chi connectivity index (χ4v) is 2.41. The van der Waals surface area contributed by atoms with Crippen LogP contribution in [0.15, 0.2) is 0 Å². The first-order chi connectivity index (χ1) is 9.83. The second kappa shape index (κ2) is 7.99. The lowest BCUT2D eigenvalue weighted by Gasteiger charge is -2.43. The van der Waals surface area contributed by atoms with Gasteiger partial charge in [-0.2, -0.15) is 0 Å². The van der Waals surface area contributed by atoms with Crippen LogP contribution in [0.25, 0.3) is 0 Å². The van der Waals surface area contributed by atoms with Gasteiger partial charge in [0.05, 0.1) is 12.0 Å². The highest BCUT2D eigenvalue weighted by Crippen LogP contribution is 2.47. The van der Waals surface area contributed by atoms with Crippen molar-refractivity contribution in [2.75, 3.05) is 19.7 Å². The van der Waals surface area contributed by atoms with Crippen LogP contribution >= 0.6 is 0 Å². The molecule has 0 saturated heterocycles. The van der Waals surface area contributed by atoms with Gasteiger partial charge < -0.3 is 15.2 Å². The number of rotatable bonds is 7. The van der Waals surface area contributed by atoms with Gasteiger partial charge in [-0.1, -0.05) is 47.5 Å². The number of hydrogen-bond donors (Lipinski definition) is 2. The molecule has 4 nitrogen and oxygen atoms in total. The van der Waals surface area contributed by atoms with Crippen molar-refractivity contribution in [3.63, 3.8) is 0 Å². The van der Waals surface area contributed by atoms with Crippen LogP contribution in [0.5, 0.6) is 0 Å². The minimum atomic E-state index is -0.754. The van der Waals surface area contributed by atoms with E-state index in [2.05, 4.69) is 32.0 Å². The molecular formula is C18H33NO3. The molecule has 0 aliphatic heterocycles. The highest BCUT2D eigenvalue weighted by atomic mass is 16.5. The average molecular weight is 311 g/mol. The van der Waals surface area contributed by atoms with Crippen molar-refractivity contribution < 1.29 is 14.6 Å². The number of carbonyl (C=O) groups is 1. The normalized spacial score (nSPS) is 16.5. The van der Waals surface area contributed by atoms with E-state index in [-0.39, 0.29) is 23.4 Å². The molecule has 2 atom stereocenters. The Morgan fingerprint density at radius 2 is 1.77 bits per heavy atom. The molecule has 0 heterocycles. The lowest BCUT2D eigenvalue weighted by atomic mass is 9.61. The van der Waals surface area contributed by atoms with E-state index >= 15 is 0 Å². The number of nitrogens with one attached hydrogen (secondary N) is 1. The first kappa shape index (κ1) is 20.9. The zero-order chi connectivity index (χ0) is 17.6. The number of aliphatic hydroxyl groups is 1. The van der Waals surface area contributed by atoms with Gasteiger partial charge in [0.2, 0.25) is 0 Å². The van der Waals surface area contributed by atoms with Crippen molar-refractivity contribution in [2.24, 2.45) is 16.2 Å². The Bertz CT molecular complexity index is 398. The van der Waals surface area contributed by atoms with Crippen molar-refractivity contribution in [1.82, 2.24) is 5.32 Å². The van der Waals surface area contributed by atoms with Gasteiger partial charge in [-0.15, -0.1) is 6.42 Å². The van der Waals surface area contributed by atoms with E-state index < -0.39 is 11.5 Å². The zero-order valence-corrected chi connectivity index (χ0v) is 15.2. The van der Waals surface area contributed by atoms with Crippen LogP contribution in [0.3, 0.4) is 0 Å². The Morgan fingerprint density at radius 1 is 1.23 bits per heavy atom. The Labute approximate surface area is 136 Å². The minimum absolute atomic E-state index is 0.00795. The van der Waals surface area contributed by atoms with Crippen LogP contribution in [0.1, 0.15) is 54.9 Å². The van der Waals surface area contributed by atoms with E-state index in [0.29, 0.717) is 19.5 Å². The Kier molecular flexibility index (Phi) is 7.61. The van der Waals surface area contributed by atoms with Crippen LogP contribution in [0.4, 0.5) is 0 Å². The van der Waals surface area contributed by atoms with Crippen LogP contribution < -0.4 is 5.32 Å². The van der Waals surface area contributed by atoms with Gasteiger partial charge in [0, 0.05) is 6.54 Å². The third-order valence-corrected chi connectivity index (χ3v) is 4.00. The molecule has 0 aliphatic rings. The van der Waals surface area contributed by atoms with Gasteiger partial charge in [-0.25, -0.2) is 0 Å². The molecular weight excluding hydrogens is 278 g/mol. The van der Waals surface area contributed by atoms with Crippen molar-refractivity contribution in [3.05, 3.63) is 0 Å². The molecule has 0 saturated carbocycles. The summed E-state index contributed by atoms with van der Waals surface area (Å²) < 4.78 is 5.39. The van der Waals surface area contributed by atoms with Gasteiger partial charge >= 0.3 is 5.97 Å². The summed E-state index contributed by atoms with van der Waals surface area (Å²) >= 11 is 0. The lowest BCUT2D eigenvalue weighted by molar-refractivity contribution is -0.167. The number of carbonyl (C=O) groups excluding carboxylic acids is 1. The summed E-state index contributed by atoms with van der Waals surface area (Å²) in [4.78, 5) is 12.6. The van der Waals surface area contributed by atoms with Gasteiger partial charge in [-0.05, 0) is 24.2 Å². The average Bonchev–Trinajstić information content (AvgIpc) is 2.32. The number of ether oxygens (including phenoxy) is 1. The minimum Gasteiger partial charge on any atom is -0.462 e. The van der Waals surface area contributed by atoms with Crippen LogP contribution in [0, 0.1) is 28.6 Å². The summed E-state index contributed by atoms with van der Waals surface area (Å²) in [5.74, 6) is 2.17. The molecule has 2 N–H and O–H groups in total. The summed E-state index contributed by atoms with van der Waals surface area (Å²) in [7, 11) is 0. The second-order valence-electron chi connectivity index (χ2n) is 8.41. The summed E-state index contributed by atoms with van der Waals surface area (Å²) in [6.45, 7) is 15.1. The molecule has 4 heteroatoms. The maximum Gasteiger partial charge on any atom is 0.312 e. The molecule has 0 aromatic heterocycles. The first-order valence-electron chi connectivity index (χ1n) is 7.83. The number of esters is 1. The van der Waals surface area contributed by atoms with Crippen LogP contribution in [-0.2, 0) is 9.53 Å². The molecule has 0 aromatic rings. The third kappa shape index (κ3) is 6.81. The fraction of sp³-hybridized carbons (Fsp3) is 0.833. The smallest absolute Gasteiger partial charge is 0.312 e. The summed E-state index contributed by atoms with van der Waals surface area (Å²) in [6.07, 6.45) is 5.08. The van der Waals surface area contributed by atoms with E-state index in [1.165, 1.54) is 0 Å². The maximum atomic E-state index is 12.6. The predicted molar refractivity (Wildman–Crippen MR) is 90.3 cm³/mol. The van der Waals surface area contributed by atoms with E-state index in [1.807, 2.05) is 27.7 Å². The van der Waals surface area contributed by atoms with Gasteiger partial charge in [0.1, 0.15) is 12.7 Å². The summed E-state index contributed by atoms with van der Waals surface area (Å²) in [6, 6.07) is 0. The lowest BCUT2D eigenvalue weighted by Crippen LogP contribution is -2.45. The van der Waals surface area contributed by atoms with Crippen molar-refractivity contribution in [2.45, 2.75) is 61.0 Å². The van der Waals surface area contributed by atoms with E-state index in [0.717, 1.165) is 0 Å². The molecule has 0 rings (SSSR count). The molecule has 0 radical (unpaired) electrons. The standard InChI is InChI=1S/C18H33NO3/c1-9-10-19-11-14(20)12-22-15(21)18(8,17(5,6)7)13-16(2,3)4/h1,14,19-20H,10-13H2,2-8H3. The molecule has 2 unspecified atom stereocenters. The zero-order valence-electron chi connectivity index (χ0n) is 15.2. The molecule has 0 aliphatic carbocycles. The Balaban J connectivity index is 4.77. The van der Waals surface area contributed by atoms with Gasteiger partial charge in [-0.3, -0.25) is 4.79 Å². The van der Waals surface area contributed by atoms with Crippen molar-refractivity contribution >= 4 is 5.97 Å². The highest BCUT2D eigenvalue weighted by molar-refractivity contribution is 5.77. The van der Waals surface area contributed by atoms with Crippen LogP contribution in [0.2, 0.25) is 0 Å². The summed E-state index contributed by atoms with van der Waals surface area (Å²) in [5, 5.41) is 12.7. The maximum absolute atomic E-state index is 12.6. The quantitative estimate of drug-likeness (QED) is 0.431. The molecule has 0 aromatic carbocycles. The van der Waals surface area contributed by atoms with Crippen molar-refractivity contribution in [3.8, 4) is 12.3 Å². The Hall–Kier alpha value is -1.05. The monoisotopic (exact) mass is 311 g/mol. The Morgan fingerprint density at radius 3 is 2.18 bits per heavy atom. The second-order valence-corrected chi connectivity index (χ2v) is 8.41. The number of hydrogen-bond acceptors (Lipinski definition) is 4. The molecule has 128 valence electrons. The van der Waals surface area contributed by atoms with E-state index in [4.69, 9.17) is 11.2 Å². The van der Waals surface area contributed by atoms with Gasteiger partial charge in [0.25, 0.3) is 0 Å². The highest BCUT2D eigenvalue weighted by Gasteiger charge is 2.47. The van der Waals surface area contributed by atoms with Crippen molar-refractivity contribution in [1.29, 1.82) is 0 Å². The van der Waals surface area contributed by atoms with Crippen LogP contribution in [-0.4, -0.2) is 36.9 Å². The largest absolute Gasteiger partial charge is 0.462 e. The third-order valence-electron chi connectivity index (χ3n) is 4.00. The molecule has 0 bridgehead atoms. The molecule has 0 amide bonds. The predicted octanol–water partition coefficient (Wildman–Crippen LogP) is 2.60. The topological polar surface area (TPSA) is 58.6 Å². The first-order valence-corrected chi connectivity index (χ1v) is 7.83. The fourth-order valence-electron chi connectivity index (χ4n) is 2.41. The van der Waals surface area contributed by atoms with E-state index in [9.17, 15) is 9.90 Å². The number of terminal acetylenes is 1. The summed E-state index contributed by atoms with van der Waals surface area (Å²) in [5.41, 5.74) is -0.838. The molecule has 0 fully saturated rings. The molecule has 22 heavy (non-hydrogen) atoms.